The number of carbonyl (C=O) groups is 2. The molecule has 0 bridgehead atoms. The number of nitrogens with zero attached hydrogens (tertiary/aromatic N) is 3. The van der Waals surface area contributed by atoms with Gasteiger partial charge < -0.3 is 14.1 Å². The van der Waals surface area contributed by atoms with Crippen molar-refractivity contribution in [3.05, 3.63) is 40.1 Å². The molecule has 1 amide bonds. The summed E-state index contributed by atoms with van der Waals surface area (Å²) >= 11 is 0. The van der Waals surface area contributed by atoms with Gasteiger partial charge in [0.15, 0.2) is 0 Å². The second-order valence-electron chi connectivity index (χ2n) is 7.33. The molecule has 27 heavy (non-hydrogen) atoms. The topological polar surface area (TPSA) is 77.6 Å². The first-order valence-corrected chi connectivity index (χ1v) is 9.08. The molecule has 0 aliphatic heterocycles. The maximum atomic E-state index is 12.7. The highest BCUT2D eigenvalue weighted by Gasteiger charge is 2.20. The van der Waals surface area contributed by atoms with E-state index < -0.39 is 5.97 Å². The minimum absolute atomic E-state index is 0.0287. The monoisotopic (exact) mass is 375 g/mol. The Morgan fingerprint density at radius 1 is 1.30 bits per heavy atom. The van der Waals surface area contributed by atoms with Gasteiger partial charge in [0, 0.05) is 24.8 Å². The molecule has 0 saturated heterocycles. The summed E-state index contributed by atoms with van der Waals surface area (Å²) in [6, 6.07) is 1.63. The molecule has 2 aromatic rings. The summed E-state index contributed by atoms with van der Waals surface area (Å²) in [4.78, 5) is 26.0. The van der Waals surface area contributed by atoms with Crippen LogP contribution in [0.2, 0.25) is 0 Å². The van der Waals surface area contributed by atoms with Crippen LogP contribution in [0.3, 0.4) is 0 Å². The first kappa shape index (κ1) is 20.7. The van der Waals surface area contributed by atoms with Gasteiger partial charge in [-0.05, 0) is 32.8 Å². The van der Waals surface area contributed by atoms with Gasteiger partial charge in [0.05, 0.1) is 25.8 Å². The number of aryl methyl sites for hydroxylation is 2. The van der Waals surface area contributed by atoms with Gasteiger partial charge in [0.2, 0.25) is 5.91 Å². The molecule has 0 spiro atoms. The first-order chi connectivity index (χ1) is 12.6. The summed E-state index contributed by atoms with van der Waals surface area (Å²) < 4.78 is 12.3. The highest BCUT2D eigenvalue weighted by Crippen LogP contribution is 2.19. The van der Waals surface area contributed by atoms with Crippen LogP contribution in [-0.4, -0.2) is 40.7 Å². The van der Waals surface area contributed by atoms with Crippen molar-refractivity contribution in [3.8, 4) is 0 Å². The number of esters is 1. The first-order valence-electron chi connectivity index (χ1n) is 9.08. The lowest BCUT2D eigenvalue weighted by atomic mass is 10.1. The Morgan fingerprint density at radius 3 is 2.56 bits per heavy atom. The second-order valence-corrected chi connectivity index (χ2v) is 7.33. The Kier molecular flexibility index (Phi) is 6.46. The predicted molar refractivity (Wildman–Crippen MR) is 102 cm³/mol. The molecule has 7 heteroatoms. The molecule has 0 aliphatic carbocycles. The molecule has 2 aromatic heterocycles. The molecular weight excluding hydrogens is 346 g/mol. The van der Waals surface area contributed by atoms with Crippen molar-refractivity contribution in [2.45, 2.75) is 54.1 Å². The fraction of sp³-hybridized carbons (Fsp3) is 0.550. The molecule has 0 aromatic carbocycles. The molecule has 7 nitrogen and oxygen atoms in total. The third-order valence-corrected chi connectivity index (χ3v) is 4.59. The molecule has 2 heterocycles. The van der Waals surface area contributed by atoms with E-state index in [1.54, 1.807) is 24.9 Å². The molecule has 0 aliphatic rings. The fourth-order valence-corrected chi connectivity index (χ4v) is 3.06. The molecule has 0 N–H and O–H groups in total. The molecular formula is C20H29N3O4. The van der Waals surface area contributed by atoms with E-state index in [2.05, 4.69) is 18.9 Å². The van der Waals surface area contributed by atoms with E-state index in [4.69, 9.17) is 9.15 Å². The van der Waals surface area contributed by atoms with Crippen molar-refractivity contribution in [2.75, 3.05) is 14.2 Å². The highest BCUT2D eigenvalue weighted by molar-refractivity contribution is 5.90. The quantitative estimate of drug-likeness (QED) is 0.695. The number of carbonyl (C=O) groups excluding carboxylic acids is 2. The highest BCUT2D eigenvalue weighted by atomic mass is 16.5. The zero-order valence-corrected chi connectivity index (χ0v) is 17.3. The third kappa shape index (κ3) is 4.78. The number of aromatic nitrogens is 2. The van der Waals surface area contributed by atoms with E-state index >= 15 is 0 Å². The van der Waals surface area contributed by atoms with Crippen LogP contribution in [-0.2, 0) is 29.0 Å². The van der Waals surface area contributed by atoms with Gasteiger partial charge in [-0.2, -0.15) is 5.10 Å². The number of furan rings is 1. The molecule has 0 radical (unpaired) electrons. The van der Waals surface area contributed by atoms with E-state index in [1.165, 1.54) is 7.11 Å². The summed E-state index contributed by atoms with van der Waals surface area (Å²) in [5.41, 5.74) is 3.27. The Labute approximate surface area is 160 Å². The van der Waals surface area contributed by atoms with E-state index in [0.29, 0.717) is 23.0 Å². The summed E-state index contributed by atoms with van der Waals surface area (Å²) in [6.07, 6.45) is 0.288. The minimum Gasteiger partial charge on any atom is -0.465 e. The van der Waals surface area contributed by atoms with Gasteiger partial charge in [-0.15, -0.1) is 0 Å². The van der Waals surface area contributed by atoms with Crippen LogP contribution in [0.25, 0.3) is 0 Å². The van der Waals surface area contributed by atoms with Crippen LogP contribution < -0.4 is 0 Å². The minimum atomic E-state index is -0.444. The van der Waals surface area contributed by atoms with Crippen LogP contribution in [0.15, 0.2) is 10.5 Å². The number of hydrogen-bond acceptors (Lipinski definition) is 5. The number of hydrogen-bond donors (Lipinski definition) is 0. The normalized spacial score (nSPS) is 11.1. The van der Waals surface area contributed by atoms with Gasteiger partial charge in [0.25, 0.3) is 0 Å². The van der Waals surface area contributed by atoms with Crippen molar-refractivity contribution in [3.63, 3.8) is 0 Å². The summed E-state index contributed by atoms with van der Waals surface area (Å²) in [7, 11) is 3.05. The van der Waals surface area contributed by atoms with Crippen molar-refractivity contribution < 1.29 is 18.7 Å². The average Bonchev–Trinajstić information content (AvgIpc) is 3.08. The summed E-state index contributed by atoms with van der Waals surface area (Å²) in [5, 5.41) is 4.57. The maximum Gasteiger partial charge on any atom is 0.341 e. The van der Waals surface area contributed by atoms with E-state index in [9.17, 15) is 9.59 Å². The number of ether oxygens (including phenoxy) is 1. The zero-order chi connectivity index (χ0) is 20.3. The zero-order valence-electron chi connectivity index (χ0n) is 17.3. The second kappa shape index (κ2) is 8.41. The molecule has 0 atom stereocenters. The smallest absolute Gasteiger partial charge is 0.341 e. The Bertz CT molecular complexity index is 833. The average molecular weight is 375 g/mol. The van der Waals surface area contributed by atoms with E-state index in [0.717, 1.165) is 23.5 Å². The summed E-state index contributed by atoms with van der Waals surface area (Å²) in [6.45, 7) is 11.0. The fourth-order valence-electron chi connectivity index (χ4n) is 3.06. The van der Waals surface area contributed by atoms with Crippen LogP contribution in [0, 0.1) is 26.7 Å². The van der Waals surface area contributed by atoms with Crippen molar-refractivity contribution in [1.82, 2.24) is 14.7 Å². The predicted octanol–water partition coefficient (Wildman–Crippen LogP) is 3.05. The molecule has 2 rings (SSSR count). The van der Waals surface area contributed by atoms with Crippen molar-refractivity contribution in [1.29, 1.82) is 0 Å². The lowest BCUT2D eigenvalue weighted by Gasteiger charge is -2.16. The van der Waals surface area contributed by atoms with E-state index in [-0.39, 0.29) is 18.9 Å². The Balaban J connectivity index is 2.08. The van der Waals surface area contributed by atoms with Gasteiger partial charge in [-0.1, -0.05) is 13.8 Å². The standard InChI is InChI=1S/C20H29N3O4/c1-12(2)10-23-14(4)17(13(3)21-23)9-19(24)22(6)11-16-8-18(15(5)27-16)20(25)26-7/h8,12H,9-11H2,1-7H3. The third-order valence-electron chi connectivity index (χ3n) is 4.59. The lowest BCUT2D eigenvalue weighted by Crippen LogP contribution is -2.28. The number of likely N-dealkylation sites (N-methyl/N-ethyl adjacent to an activating group) is 1. The van der Waals surface area contributed by atoms with E-state index in [1.807, 2.05) is 18.5 Å². The Morgan fingerprint density at radius 2 is 1.96 bits per heavy atom. The molecule has 0 fully saturated rings. The maximum absolute atomic E-state index is 12.7. The number of amides is 1. The van der Waals surface area contributed by atoms with Gasteiger partial charge in [-0.25, -0.2) is 4.79 Å². The van der Waals surface area contributed by atoms with Gasteiger partial charge in [0.1, 0.15) is 17.1 Å². The van der Waals surface area contributed by atoms with Crippen LogP contribution in [0.1, 0.15) is 52.7 Å². The van der Waals surface area contributed by atoms with Gasteiger partial charge >= 0.3 is 5.97 Å². The van der Waals surface area contributed by atoms with Crippen LogP contribution >= 0.6 is 0 Å². The van der Waals surface area contributed by atoms with Crippen LogP contribution in [0.5, 0.6) is 0 Å². The largest absolute Gasteiger partial charge is 0.465 e. The molecule has 0 unspecified atom stereocenters. The SMILES string of the molecule is COC(=O)c1cc(CN(C)C(=O)Cc2c(C)nn(CC(C)C)c2C)oc1C. The number of methoxy groups -OCH3 is 1. The lowest BCUT2D eigenvalue weighted by molar-refractivity contribution is -0.129. The summed E-state index contributed by atoms with van der Waals surface area (Å²) in [5.74, 6) is 1.05. The van der Waals surface area contributed by atoms with Crippen molar-refractivity contribution in [2.24, 2.45) is 5.92 Å². The van der Waals surface area contributed by atoms with Gasteiger partial charge in [-0.3, -0.25) is 9.48 Å². The number of rotatable bonds is 7. The molecule has 0 saturated carbocycles. The van der Waals surface area contributed by atoms with Crippen LogP contribution in [0.4, 0.5) is 0 Å². The Hall–Kier alpha value is -2.57. The van der Waals surface area contributed by atoms with Crippen molar-refractivity contribution >= 4 is 11.9 Å². The molecule has 148 valence electrons.